The van der Waals surface area contributed by atoms with Crippen LogP contribution in [0, 0.1) is 0 Å². The topological polar surface area (TPSA) is 15.6 Å². The second-order valence-corrected chi connectivity index (χ2v) is 3.38. The molecule has 0 spiro atoms. The SMILES string of the molecule is C=CN(C=NC)c1ccc(CCC)cc1. The van der Waals surface area contributed by atoms with E-state index in [1.165, 1.54) is 12.0 Å². The van der Waals surface area contributed by atoms with Gasteiger partial charge in [0.25, 0.3) is 0 Å². The minimum Gasteiger partial charge on any atom is -0.309 e. The lowest BCUT2D eigenvalue weighted by Crippen LogP contribution is -2.12. The van der Waals surface area contributed by atoms with Crippen LogP contribution in [0.4, 0.5) is 5.69 Å². The second kappa shape index (κ2) is 6.02. The van der Waals surface area contributed by atoms with Gasteiger partial charge in [-0.15, -0.1) is 0 Å². The van der Waals surface area contributed by atoms with Gasteiger partial charge in [-0.2, -0.15) is 0 Å². The molecule has 0 aromatic heterocycles. The summed E-state index contributed by atoms with van der Waals surface area (Å²) in [7, 11) is 1.75. The van der Waals surface area contributed by atoms with Crippen molar-refractivity contribution in [3.05, 3.63) is 42.6 Å². The Bertz CT molecular complexity index is 325. The van der Waals surface area contributed by atoms with Gasteiger partial charge in [0.15, 0.2) is 0 Å². The summed E-state index contributed by atoms with van der Waals surface area (Å²) in [6.45, 7) is 5.94. The number of nitrogens with zero attached hydrogens (tertiary/aromatic N) is 2. The third-order valence-corrected chi connectivity index (χ3v) is 2.21. The zero-order chi connectivity index (χ0) is 11.1. The van der Waals surface area contributed by atoms with Gasteiger partial charge in [0.1, 0.15) is 0 Å². The van der Waals surface area contributed by atoms with Crippen LogP contribution in [0.25, 0.3) is 0 Å². The minimum atomic E-state index is 1.09. The van der Waals surface area contributed by atoms with Crippen molar-refractivity contribution >= 4 is 12.0 Å². The molecule has 0 aliphatic heterocycles. The van der Waals surface area contributed by atoms with E-state index >= 15 is 0 Å². The number of aryl methyl sites for hydroxylation is 1. The first-order valence-corrected chi connectivity index (χ1v) is 5.24. The fraction of sp³-hybridized carbons (Fsp3) is 0.308. The summed E-state index contributed by atoms with van der Waals surface area (Å²) in [5.74, 6) is 0. The van der Waals surface area contributed by atoms with Crippen LogP contribution in [0.15, 0.2) is 42.0 Å². The standard InChI is InChI=1S/C13H18N2/c1-4-6-12-7-9-13(10-8-12)15(5-2)11-14-3/h5,7-11H,2,4,6H2,1,3H3. The lowest BCUT2D eigenvalue weighted by atomic mass is 10.1. The molecule has 80 valence electrons. The fourth-order valence-corrected chi connectivity index (χ4v) is 1.47. The van der Waals surface area contributed by atoms with Gasteiger partial charge in [-0.05, 0) is 24.1 Å². The maximum absolute atomic E-state index is 3.97. The van der Waals surface area contributed by atoms with Gasteiger partial charge >= 0.3 is 0 Å². The van der Waals surface area contributed by atoms with Crippen molar-refractivity contribution in [3.63, 3.8) is 0 Å². The highest BCUT2D eigenvalue weighted by molar-refractivity contribution is 5.81. The summed E-state index contributed by atoms with van der Waals surface area (Å²) < 4.78 is 0. The first-order valence-electron chi connectivity index (χ1n) is 5.24. The third kappa shape index (κ3) is 3.24. The first-order chi connectivity index (χ1) is 7.31. The Morgan fingerprint density at radius 2 is 2.00 bits per heavy atom. The van der Waals surface area contributed by atoms with Gasteiger partial charge in [0.05, 0.1) is 6.34 Å². The molecule has 1 rings (SSSR count). The van der Waals surface area contributed by atoms with E-state index in [9.17, 15) is 0 Å². The summed E-state index contributed by atoms with van der Waals surface area (Å²) in [5, 5.41) is 0. The molecule has 0 aliphatic carbocycles. The molecule has 2 nitrogen and oxygen atoms in total. The lowest BCUT2D eigenvalue weighted by molar-refractivity contribution is 0.922. The second-order valence-electron chi connectivity index (χ2n) is 3.38. The molecule has 0 heterocycles. The zero-order valence-electron chi connectivity index (χ0n) is 9.48. The average Bonchev–Trinajstić information content (AvgIpc) is 2.28. The van der Waals surface area contributed by atoms with E-state index in [4.69, 9.17) is 0 Å². The highest BCUT2D eigenvalue weighted by Gasteiger charge is 1.98. The van der Waals surface area contributed by atoms with Crippen molar-refractivity contribution < 1.29 is 0 Å². The third-order valence-electron chi connectivity index (χ3n) is 2.21. The molecule has 1 aromatic rings. The molecule has 0 aliphatic rings. The summed E-state index contributed by atoms with van der Waals surface area (Å²) in [4.78, 5) is 5.87. The average molecular weight is 202 g/mol. The number of anilines is 1. The van der Waals surface area contributed by atoms with E-state index in [0.717, 1.165) is 12.1 Å². The van der Waals surface area contributed by atoms with Crippen LogP contribution in [0.1, 0.15) is 18.9 Å². The molecule has 0 unspecified atom stereocenters. The Labute approximate surface area is 92.0 Å². The van der Waals surface area contributed by atoms with Crippen molar-refractivity contribution in [3.8, 4) is 0 Å². The monoisotopic (exact) mass is 202 g/mol. The molecule has 0 bridgehead atoms. The van der Waals surface area contributed by atoms with Crippen LogP contribution in [0.2, 0.25) is 0 Å². The maximum atomic E-state index is 3.97. The summed E-state index contributed by atoms with van der Waals surface area (Å²) in [5.41, 5.74) is 2.47. The van der Waals surface area contributed by atoms with E-state index in [2.05, 4.69) is 42.8 Å². The molecule has 0 saturated carbocycles. The van der Waals surface area contributed by atoms with Crippen LogP contribution < -0.4 is 4.90 Å². The van der Waals surface area contributed by atoms with Crippen LogP contribution in [0.3, 0.4) is 0 Å². The van der Waals surface area contributed by atoms with Gasteiger partial charge in [0.2, 0.25) is 0 Å². The number of benzene rings is 1. The number of hydrogen-bond acceptors (Lipinski definition) is 1. The van der Waals surface area contributed by atoms with E-state index in [0.29, 0.717) is 0 Å². The van der Waals surface area contributed by atoms with Gasteiger partial charge in [-0.25, -0.2) is 0 Å². The highest BCUT2D eigenvalue weighted by Crippen LogP contribution is 2.15. The van der Waals surface area contributed by atoms with Crippen molar-refractivity contribution in [1.82, 2.24) is 0 Å². The van der Waals surface area contributed by atoms with E-state index in [1.54, 1.807) is 19.6 Å². The molecule has 0 atom stereocenters. The van der Waals surface area contributed by atoms with Gasteiger partial charge in [-0.1, -0.05) is 32.1 Å². The predicted octanol–water partition coefficient (Wildman–Crippen LogP) is 3.25. The Kier molecular flexibility index (Phi) is 4.61. The largest absolute Gasteiger partial charge is 0.309 e. The molecule has 0 radical (unpaired) electrons. The number of hydrogen-bond donors (Lipinski definition) is 0. The van der Waals surface area contributed by atoms with Crippen molar-refractivity contribution in [2.45, 2.75) is 19.8 Å². The van der Waals surface area contributed by atoms with E-state index < -0.39 is 0 Å². The molecule has 0 fully saturated rings. The van der Waals surface area contributed by atoms with Gasteiger partial charge in [0, 0.05) is 18.9 Å². The van der Waals surface area contributed by atoms with Crippen molar-refractivity contribution in [1.29, 1.82) is 0 Å². The molecular formula is C13H18N2. The Balaban J connectivity index is 2.81. The van der Waals surface area contributed by atoms with Gasteiger partial charge in [-0.3, -0.25) is 4.99 Å². The van der Waals surface area contributed by atoms with Crippen LogP contribution in [0.5, 0.6) is 0 Å². The fourth-order valence-electron chi connectivity index (χ4n) is 1.47. The Hall–Kier alpha value is -1.57. The molecule has 1 aromatic carbocycles. The normalized spacial score (nSPS) is 10.5. The molecule has 0 amide bonds. The molecular weight excluding hydrogens is 184 g/mol. The van der Waals surface area contributed by atoms with Crippen LogP contribution in [-0.4, -0.2) is 13.4 Å². The summed E-state index contributed by atoms with van der Waals surface area (Å²) in [6, 6.07) is 8.49. The van der Waals surface area contributed by atoms with Crippen LogP contribution >= 0.6 is 0 Å². The predicted molar refractivity (Wildman–Crippen MR) is 67.5 cm³/mol. The Morgan fingerprint density at radius 3 is 2.47 bits per heavy atom. The molecule has 15 heavy (non-hydrogen) atoms. The smallest absolute Gasteiger partial charge is 0.0931 e. The van der Waals surface area contributed by atoms with E-state index in [1.807, 2.05) is 4.90 Å². The molecule has 0 saturated heterocycles. The first kappa shape index (κ1) is 11.5. The van der Waals surface area contributed by atoms with Crippen molar-refractivity contribution in [2.24, 2.45) is 4.99 Å². The highest BCUT2D eigenvalue weighted by atomic mass is 15.1. The summed E-state index contributed by atoms with van der Waals surface area (Å²) in [6.07, 6.45) is 5.82. The van der Waals surface area contributed by atoms with Gasteiger partial charge < -0.3 is 4.90 Å². The molecule has 2 heteroatoms. The van der Waals surface area contributed by atoms with E-state index in [-0.39, 0.29) is 0 Å². The molecule has 0 N–H and O–H groups in total. The summed E-state index contributed by atoms with van der Waals surface area (Å²) >= 11 is 0. The lowest BCUT2D eigenvalue weighted by Gasteiger charge is -2.14. The quantitative estimate of drug-likeness (QED) is 0.528. The zero-order valence-corrected chi connectivity index (χ0v) is 9.48. The van der Waals surface area contributed by atoms with Crippen LogP contribution in [-0.2, 0) is 6.42 Å². The minimum absolute atomic E-state index is 1.09. The maximum Gasteiger partial charge on any atom is 0.0931 e. The number of aliphatic imine (C=N–C) groups is 1. The van der Waals surface area contributed by atoms with Crippen molar-refractivity contribution in [2.75, 3.05) is 11.9 Å². The number of rotatable bonds is 5. The Morgan fingerprint density at radius 1 is 1.33 bits per heavy atom.